The first-order valence-electron chi connectivity index (χ1n) is 14.0. The highest BCUT2D eigenvalue weighted by Crippen LogP contribution is 2.44. The Balaban J connectivity index is 1.59. The summed E-state index contributed by atoms with van der Waals surface area (Å²) in [6.07, 6.45) is -5.67. The summed E-state index contributed by atoms with van der Waals surface area (Å²) >= 11 is 0. The molecule has 3 aromatic carbocycles. The van der Waals surface area contributed by atoms with Crippen LogP contribution in [0, 0.1) is 11.8 Å². The van der Waals surface area contributed by atoms with Crippen molar-refractivity contribution in [2.24, 2.45) is 0 Å². The number of aliphatic hydroxyl groups excluding tert-OH is 1. The smallest absolute Gasteiger partial charge is 0.394 e. The van der Waals surface area contributed by atoms with E-state index in [9.17, 15) is 32.7 Å². The van der Waals surface area contributed by atoms with E-state index >= 15 is 0 Å². The molecule has 45 heavy (non-hydrogen) atoms. The first-order valence-corrected chi connectivity index (χ1v) is 14.0. The molecule has 2 heterocycles. The number of hydrogen-bond acceptors (Lipinski definition) is 6. The average molecular weight is 619 g/mol. The van der Waals surface area contributed by atoms with Gasteiger partial charge >= 0.3 is 17.8 Å². The number of aromatic amines is 1. The van der Waals surface area contributed by atoms with E-state index in [4.69, 9.17) is 4.74 Å². The lowest BCUT2D eigenvalue weighted by Gasteiger charge is -2.50. The number of rotatable bonds is 7. The SMILES string of the molecule is O=C(NCC#Cc1cn(C2CN(C(c3ccccc3)(c3ccccc3)c3ccccc3)CC(CO)O2)c(=O)[nH]c1=O)C(F)(F)F. The van der Waals surface area contributed by atoms with Gasteiger partial charge in [-0.05, 0) is 16.7 Å². The minimum absolute atomic E-state index is 0.121. The van der Waals surface area contributed by atoms with Gasteiger partial charge in [-0.15, -0.1) is 0 Å². The normalized spacial score (nSPS) is 17.2. The van der Waals surface area contributed by atoms with Gasteiger partial charge in [0.1, 0.15) is 5.56 Å². The second kappa shape index (κ2) is 13.4. The minimum atomic E-state index is -5.08. The van der Waals surface area contributed by atoms with Crippen molar-refractivity contribution in [3.8, 4) is 11.8 Å². The summed E-state index contributed by atoms with van der Waals surface area (Å²) in [5.74, 6) is 2.55. The quantitative estimate of drug-likeness (QED) is 0.217. The van der Waals surface area contributed by atoms with Crippen LogP contribution in [0.2, 0.25) is 0 Å². The number of aliphatic hydroxyl groups is 1. The van der Waals surface area contributed by atoms with Crippen molar-refractivity contribution in [3.05, 3.63) is 140 Å². The zero-order chi connectivity index (χ0) is 32.0. The van der Waals surface area contributed by atoms with Crippen LogP contribution in [0.1, 0.15) is 28.5 Å². The zero-order valence-electron chi connectivity index (χ0n) is 23.8. The van der Waals surface area contributed by atoms with E-state index in [1.54, 1.807) is 5.32 Å². The number of carbonyl (C=O) groups is 1. The predicted molar refractivity (Wildman–Crippen MR) is 159 cm³/mol. The second-order valence-corrected chi connectivity index (χ2v) is 10.3. The molecule has 2 atom stereocenters. The van der Waals surface area contributed by atoms with Gasteiger partial charge in [-0.25, -0.2) is 4.79 Å². The van der Waals surface area contributed by atoms with Crippen LogP contribution in [-0.2, 0) is 15.1 Å². The van der Waals surface area contributed by atoms with E-state index in [2.05, 4.69) is 21.7 Å². The van der Waals surface area contributed by atoms with Gasteiger partial charge in [0.05, 0.1) is 24.8 Å². The number of aromatic nitrogens is 2. The molecule has 12 heteroatoms. The molecule has 1 saturated heterocycles. The number of hydrogen-bond donors (Lipinski definition) is 3. The van der Waals surface area contributed by atoms with Gasteiger partial charge in [0, 0.05) is 19.3 Å². The van der Waals surface area contributed by atoms with Crippen molar-refractivity contribution in [2.75, 3.05) is 26.2 Å². The van der Waals surface area contributed by atoms with Crippen molar-refractivity contribution < 1.29 is 27.8 Å². The van der Waals surface area contributed by atoms with E-state index in [1.165, 1.54) is 0 Å². The molecule has 9 nitrogen and oxygen atoms in total. The Morgan fingerprint density at radius 3 is 1.93 bits per heavy atom. The van der Waals surface area contributed by atoms with Gasteiger partial charge in [0.2, 0.25) is 0 Å². The standard InChI is InChI=1S/C33H29F3N4O5/c34-33(35,36)30(43)37-18-10-11-23-19-40(31(44)38-29(23)42)28-21-39(20-27(22-41)45-28)32(24-12-4-1-5-13-24,25-14-6-2-7-15-25)26-16-8-3-9-17-26/h1-9,12-17,19,27-28,41H,18,20-22H2,(H,37,43)(H,38,42,44). The molecule has 0 saturated carbocycles. The van der Waals surface area contributed by atoms with Crippen LogP contribution in [0.3, 0.4) is 0 Å². The topological polar surface area (TPSA) is 117 Å². The molecule has 0 spiro atoms. The number of alkyl halides is 3. The zero-order valence-corrected chi connectivity index (χ0v) is 23.8. The number of nitrogens with zero attached hydrogens (tertiary/aromatic N) is 2. The van der Waals surface area contributed by atoms with Gasteiger partial charge in [0.25, 0.3) is 5.56 Å². The lowest BCUT2D eigenvalue weighted by Crippen LogP contribution is -2.58. The van der Waals surface area contributed by atoms with Crippen LogP contribution in [-0.4, -0.2) is 64.0 Å². The highest BCUT2D eigenvalue weighted by atomic mass is 19.4. The van der Waals surface area contributed by atoms with Crippen LogP contribution in [0.25, 0.3) is 0 Å². The third-order valence-corrected chi connectivity index (χ3v) is 7.50. The molecule has 0 bridgehead atoms. The number of H-pyrrole nitrogens is 1. The maximum absolute atomic E-state index is 13.1. The molecule has 1 aliphatic heterocycles. The summed E-state index contributed by atoms with van der Waals surface area (Å²) in [4.78, 5) is 41.0. The monoisotopic (exact) mass is 618 g/mol. The number of morpholine rings is 1. The summed E-state index contributed by atoms with van der Waals surface area (Å²) in [5, 5.41) is 11.9. The molecule has 1 amide bonds. The molecule has 5 rings (SSSR count). The molecule has 1 fully saturated rings. The third kappa shape index (κ3) is 6.61. The summed E-state index contributed by atoms with van der Waals surface area (Å²) in [7, 11) is 0. The maximum Gasteiger partial charge on any atom is 0.471 e. The maximum atomic E-state index is 13.1. The Kier molecular flexibility index (Phi) is 9.34. The van der Waals surface area contributed by atoms with Gasteiger partial charge in [-0.2, -0.15) is 13.2 Å². The molecular weight excluding hydrogens is 589 g/mol. The molecule has 2 unspecified atom stereocenters. The number of benzene rings is 3. The molecular formula is C33H29F3N4O5. The lowest BCUT2D eigenvalue weighted by atomic mass is 9.75. The number of nitrogens with one attached hydrogen (secondary N) is 2. The van der Waals surface area contributed by atoms with Gasteiger partial charge in [-0.1, -0.05) is 103 Å². The second-order valence-electron chi connectivity index (χ2n) is 10.3. The highest BCUT2D eigenvalue weighted by Gasteiger charge is 2.46. The summed E-state index contributed by atoms with van der Waals surface area (Å²) < 4.78 is 44.7. The van der Waals surface area contributed by atoms with E-state index in [1.807, 2.05) is 91.0 Å². The minimum Gasteiger partial charge on any atom is -0.394 e. The summed E-state index contributed by atoms with van der Waals surface area (Å²) in [6, 6.07) is 29.4. The molecule has 0 aliphatic carbocycles. The van der Waals surface area contributed by atoms with Crippen molar-refractivity contribution in [2.45, 2.75) is 24.0 Å². The molecule has 4 aromatic rings. The Bertz CT molecular complexity index is 1700. The van der Waals surface area contributed by atoms with E-state index in [-0.39, 0.29) is 25.3 Å². The largest absolute Gasteiger partial charge is 0.471 e. The van der Waals surface area contributed by atoms with Crippen LogP contribution in [0.5, 0.6) is 0 Å². The lowest BCUT2D eigenvalue weighted by molar-refractivity contribution is -0.173. The van der Waals surface area contributed by atoms with Crippen molar-refractivity contribution >= 4 is 5.91 Å². The summed E-state index contributed by atoms with van der Waals surface area (Å²) in [5.41, 5.74) is 0.0129. The fourth-order valence-corrected chi connectivity index (χ4v) is 5.58. The van der Waals surface area contributed by atoms with E-state index in [0.29, 0.717) is 0 Å². The van der Waals surface area contributed by atoms with E-state index in [0.717, 1.165) is 27.5 Å². The first kappa shape index (κ1) is 31.5. The fourth-order valence-electron chi connectivity index (χ4n) is 5.58. The van der Waals surface area contributed by atoms with Crippen molar-refractivity contribution in [1.82, 2.24) is 19.8 Å². The number of amides is 1. The first-order chi connectivity index (χ1) is 21.6. The fraction of sp³-hybridized carbons (Fsp3) is 0.242. The van der Waals surface area contributed by atoms with Crippen LogP contribution in [0.15, 0.2) is 107 Å². The molecule has 0 radical (unpaired) electrons. The highest BCUT2D eigenvalue weighted by molar-refractivity contribution is 5.81. The number of carbonyl (C=O) groups excluding carboxylic acids is 1. The molecule has 232 valence electrons. The Morgan fingerprint density at radius 2 is 1.44 bits per heavy atom. The van der Waals surface area contributed by atoms with Crippen LogP contribution < -0.4 is 16.6 Å². The third-order valence-electron chi connectivity index (χ3n) is 7.50. The predicted octanol–water partition coefficient (Wildman–Crippen LogP) is 2.75. The van der Waals surface area contributed by atoms with Crippen molar-refractivity contribution in [3.63, 3.8) is 0 Å². The van der Waals surface area contributed by atoms with Crippen LogP contribution in [0.4, 0.5) is 13.2 Å². The Labute approximate surface area is 255 Å². The Hall–Kier alpha value is -4.96. The molecule has 1 aromatic heterocycles. The van der Waals surface area contributed by atoms with E-state index < -0.39 is 47.7 Å². The Morgan fingerprint density at radius 1 is 0.911 bits per heavy atom. The number of ether oxygens (including phenoxy) is 1. The van der Waals surface area contributed by atoms with Crippen LogP contribution >= 0.6 is 0 Å². The molecule has 3 N–H and O–H groups in total. The number of halogens is 3. The van der Waals surface area contributed by atoms with Gasteiger partial charge < -0.3 is 15.2 Å². The van der Waals surface area contributed by atoms with Crippen molar-refractivity contribution in [1.29, 1.82) is 0 Å². The van der Waals surface area contributed by atoms with Gasteiger partial charge in [-0.3, -0.25) is 24.0 Å². The summed E-state index contributed by atoms with van der Waals surface area (Å²) in [6.45, 7) is -0.652. The molecule has 1 aliphatic rings. The van der Waals surface area contributed by atoms with Gasteiger partial charge in [0.15, 0.2) is 6.23 Å². The average Bonchev–Trinajstić information content (AvgIpc) is 3.05.